The van der Waals surface area contributed by atoms with Crippen molar-refractivity contribution in [1.82, 2.24) is 15.5 Å². The van der Waals surface area contributed by atoms with E-state index in [0.717, 1.165) is 49.8 Å². The maximum absolute atomic E-state index is 12.3. The molecule has 2 aliphatic rings. The zero-order valence-electron chi connectivity index (χ0n) is 16.1. The van der Waals surface area contributed by atoms with Crippen molar-refractivity contribution in [1.29, 1.82) is 0 Å². The van der Waals surface area contributed by atoms with Gasteiger partial charge in [-0.15, -0.1) is 24.0 Å². The zero-order chi connectivity index (χ0) is 18.2. The lowest BCUT2D eigenvalue weighted by Gasteiger charge is -2.27. The number of halogens is 1. The molecule has 1 aromatic rings. The lowest BCUT2D eigenvalue weighted by atomic mass is 10.1. The minimum atomic E-state index is 0. The number of carbonyl (C=O) groups excluding carboxylic acids is 1. The van der Waals surface area contributed by atoms with Crippen LogP contribution in [0.2, 0.25) is 0 Å². The number of benzene rings is 1. The molecule has 1 aromatic carbocycles. The van der Waals surface area contributed by atoms with Gasteiger partial charge in [-0.25, -0.2) is 0 Å². The summed E-state index contributed by atoms with van der Waals surface area (Å²) in [5.41, 5.74) is 1.10. The molecule has 0 radical (unpaired) electrons. The number of hydrogen-bond donors (Lipinski definition) is 2. The van der Waals surface area contributed by atoms with Crippen LogP contribution in [0, 0.1) is 5.92 Å². The normalized spacial score (nSPS) is 17.1. The summed E-state index contributed by atoms with van der Waals surface area (Å²) >= 11 is 0. The summed E-state index contributed by atoms with van der Waals surface area (Å²) in [4.78, 5) is 18.4. The van der Waals surface area contributed by atoms with Gasteiger partial charge >= 0.3 is 0 Å². The molecule has 27 heavy (non-hydrogen) atoms. The van der Waals surface area contributed by atoms with E-state index in [9.17, 15) is 4.79 Å². The number of nitrogens with one attached hydrogen (secondary N) is 2. The molecule has 2 N–H and O–H groups in total. The Morgan fingerprint density at radius 2 is 1.93 bits per heavy atom. The molecule has 150 valence electrons. The van der Waals surface area contributed by atoms with Gasteiger partial charge in [0.1, 0.15) is 5.75 Å². The summed E-state index contributed by atoms with van der Waals surface area (Å²) in [5, 5.41) is 6.40. The topological polar surface area (TPSA) is 66.0 Å². The molecule has 0 spiro atoms. The average molecular weight is 486 g/mol. The van der Waals surface area contributed by atoms with Gasteiger partial charge in [-0.1, -0.05) is 18.2 Å². The van der Waals surface area contributed by atoms with Crippen LogP contribution in [0.5, 0.6) is 5.75 Å². The number of amides is 1. The van der Waals surface area contributed by atoms with Crippen LogP contribution in [-0.2, 0) is 11.3 Å². The van der Waals surface area contributed by atoms with Crippen LogP contribution in [0.15, 0.2) is 29.3 Å². The summed E-state index contributed by atoms with van der Waals surface area (Å²) in [7, 11) is 1.72. The van der Waals surface area contributed by atoms with Crippen molar-refractivity contribution >= 4 is 35.8 Å². The molecule has 1 aliphatic heterocycles. The van der Waals surface area contributed by atoms with E-state index in [1.165, 1.54) is 19.3 Å². The molecular formula is C20H31IN4O2. The van der Waals surface area contributed by atoms with Crippen LogP contribution >= 0.6 is 24.0 Å². The summed E-state index contributed by atoms with van der Waals surface area (Å²) in [5.74, 6) is 2.42. The smallest absolute Gasteiger partial charge is 0.241 e. The minimum Gasteiger partial charge on any atom is -0.493 e. The Kier molecular flexibility index (Phi) is 9.17. The zero-order valence-corrected chi connectivity index (χ0v) is 18.4. The van der Waals surface area contributed by atoms with Crippen molar-refractivity contribution in [2.75, 3.05) is 33.3 Å². The van der Waals surface area contributed by atoms with Crippen molar-refractivity contribution in [3.63, 3.8) is 0 Å². The highest BCUT2D eigenvalue weighted by atomic mass is 127. The van der Waals surface area contributed by atoms with Crippen LogP contribution in [0.4, 0.5) is 0 Å². The first-order valence-corrected chi connectivity index (χ1v) is 9.69. The maximum atomic E-state index is 12.3. The van der Waals surface area contributed by atoms with Crippen LogP contribution in [0.3, 0.4) is 0 Å². The van der Waals surface area contributed by atoms with Gasteiger partial charge in [0.05, 0.1) is 13.2 Å². The van der Waals surface area contributed by atoms with Gasteiger partial charge in [-0.05, 0) is 44.1 Å². The fourth-order valence-corrected chi connectivity index (χ4v) is 3.10. The van der Waals surface area contributed by atoms with Gasteiger partial charge in [0.25, 0.3) is 0 Å². The molecule has 1 aliphatic carbocycles. The van der Waals surface area contributed by atoms with Crippen LogP contribution in [-0.4, -0.2) is 50.1 Å². The van der Waals surface area contributed by atoms with Gasteiger partial charge in [0, 0.05) is 32.2 Å². The molecule has 1 amide bonds. The Labute approximate surface area is 179 Å². The first kappa shape index (κ1) is 21.8. The van der Waals surface area contributed by atoms with E-state index in [4.69, 9.17) is 4.74 Å². The van der Waals surface area contributed by atoms with E-state index in [0.29, 0.717) is 12.5 Å². The fourth-order valence-electron chi connectivity index (χ4n) is 3.10. The lowest BCUT2D eigenvalue weighted by molar-refractivity contribution is -0.130. The van der Waals surface area contributed by atoms with Crippen molar-refractivity contribution in [2.24, 2.45) is 10.9 Å². The average Bonchev–Trinajstić information content (AvgIpc) is 3.52. The van der Waals surface area contributed by atoms with E-state index in [1.807, 2.05) is 23.1 Å². The summed E-state index contributed by atoms with van der Waals surface area (Å²) in [6, 6.07) is 8.07. The summed E-state index contributed by atoms with van der Waals surface area (Å²) in [6.45, 7) is 3.43. The number of aliphatic imine (C=N–C) groups is 1. The molecule has 0 aromatic heterocycles. The number of guanidine groups is 1. The quantitative estimate of drug-likeness (QED) is 0.354. The second-order valence-electron chi connectivity index (χ2n) is 7.08. The minimum absolute atomic E-state index is 0. The van der Waals surface area contributed by atoms with E-state index in [-0.39, 0.29) is 36.4 Å². The van der Waals surface area contributed by atoms with Crippen molar-refractivity contribution in [3.05, 3.63) is 29.8 Å². The molecule has 0 bridgehead atoms. The third-order valence-corrected chi connectivity index (χ3v) is 4.93. The van der Waals surface area contributed by atoms with Crippen molar-refractivity contribution in [3.8, 4) is 5.75 Å². The van der Waals surface area contributed by atoms with E-state index < -0.39 is 0 Å². The predicted octanol–water partition coefficient (Wildman–Crippen LogP) is 2.77. The lowest BCUT2D eigenvalue weighted by Crippen LogP contribution is -2.45. The van der Waals surface area contributed by atoms with Crippen LogP contribution < -0.4 is 15.4 Å². The molecule has 6 nitrogen and oxygen atoms in total. The Hall–Kier alpha value is -1.51. The van der Waals surface area contributed by atoms with Crippen LogP contribution in [0.25, 0.3) is 0 Å². The highest BCUT2D eigenvalue weighted by molar-refractivity contribution is 14.0. The Balaban J connectivity index is 0.00000261. The van der Waals surface area contributed by atoms with E-state index >= 15 is 0 Å². The highest BCUT2D eigenvalue weighted by Gasteiger charge is 2.22. The second-order valence-corrected chi connectivity index (χ2v) is 7.08. The van der Waals surface area contributed by atoms with Crippen molar-refractivity contribution < 1.29 is 9.53 Å². The van der Waals surface area contributed by atoms with E-state index in [1.54, 1.807) is 7.05 Å². The number of rotatable bonds is 7. The summed E-state index contributed by atoms with van der Waals surface area (Å²) < 4.78 is 5.94. The monoisotopic (exact) mass is 486 g/mol. The molecule has 1 saturated carbocycles. The molecule has 0 atom stereocenters. The Bertz CT molecular complexity index is 628. The summed E-state index contributed by atoms with van der Waals surface area (Å²) in [6.07, 6.45) is 6.00. The van der Waals surface area contributed by atoms with Gasteiger partial charge in [-0.3, -0.25) is 9.79 Å². The molecular weight excluding hydrogens is 455 g/mol. The second kappa shape index (κ2) is 11.4. The largest absolute Gasteiger partial charge is 0.493 e. The standard InChI is InChI=1S/C20H30N4O2.HI/c1-21-20(23-14-19(25)24-11-5-2-6-12-24)22-13-17-7-3-4-8-18(17)26-15-16-9-10-16;/h3-4,7-8,16H,2,5-6,9-15H2,1H3,(H2,21,22,23);1H. The third kappa shape index (κ3) is 7.20. The number of hydrogen-bond acceptors (Lipinski definition) is 3. The first-order chi connectivity index (χ1) is 12.8. The molecule has 0 unspecified atom stereocenters. The van der Waals surface area contributed by atoms with Gasteiger partial charge in [0.15, 0.2) is 5.96 Å². The predicted molar refractivity (Wildman–Crippen MR) is 119 cm³/mol. The molecule has 1 saturated heterocycles. The number of para-hydroxylation sites is 1. The maximum Gasteiger partial charge on any atom is 0.241 e. The van der Waals surface area contributed by atoms with E-state index in [2.05, 4.69) is 21.7 Å². The van der Waals surface area contributed by atoms with Gasteiger partial charge < -0.3 is 20.3 Å². The Morgan fingerprint density at radius 1 is 1.19 bits per heavy atom. The van der Waals surface area contributed by atoms with Crippen molar-refractivity contribution in [2.45, 2.75) is 38.6 Å². The number of piperidine rings is 1. The SMILES string of the molecule is CN=C(NCC(=O)N1CCCCC1)NCc1ccccc1OCC1CC1.I. The first-order valence-electron chi connectivity index (χ1n) is 9.69. The fraction of sp³-hybridized carbons (Fsp3) is 0.600. The Morgan fingerprint density at radius 3 is 2.63 bits per heavy atom. The number of ether oxygens (including phenoxy) is 1. The van der Waals surface area contributed by atoms with Gasteiger partial charge in [-0.2, -0.15) is 0 Å². The molecule has 2 fully saturated rings. The third-order valence-electron chi connectivity index (χ3n) is 4.93. The molecule has 1 heterocycles. The number of likely N-dealkylation sites (tertiary alicyclic amines) is 1. The van der Waals surface area contributed by atoms with Crippen LogP contribution in [0.1, 0.15) is 37.7 Å². The highest BCUT2D eigenvalue weighted by Crippen LogP contribution is 2.30. The molecule has 7 heteroatoms. The number of nitrogens with zero attached hydrogens (tertiary/aromatic N) is 2. The number of carbonyl (C=O) groups is 1. The van der Waals surface area contributed by atoms with Gasteiger partial charge in [0.2, 0.25) is 5.91 Å². The molecule has 3 rings (SSSR count).